The van der Waals surface area contributed by atoms with Gasteiger partial charge in [-0.1, -0.05) is 41.9 Å². The molecular weight excluding hydrogens is 219 g/mol. The molecule has 66 valence electrons. The summed E-state index contributed by atoms with van der Waals surface area (Å²) in [5, 5.41) is 0. The molecule has 2 heteroatoms. The lowest BCUT2D eigenvalue weighted by Gasteiger charge is -2.13. The van der Waals surface area contributed by atoms with Gasteiger partial charge in [0.25, 0.3) is 0 Å². The van der Waals surface area contributed by atoms with Gasteiger partial charge in [0, 0.05) is 4.83 Å². The molecule has 0 aliphatic rings. The molecule has 0 bridgehead atoms. The summed E-state index contributed by atoms with van der Waals surface area (Å²) < 4.78 is 12.8. The summed E-state index contributed by atoms with van der Waals surface area (Å²) in [4.78, 5) is 0.374. The Morgan fingerprint density at radius 1 is 1.33 bits per heavy atom. The first kappa shape index (κ1) is 9.72. The van der Waals surface area contributed by atoms with Gasteiger partial charge >= 0.3 is 0 Å². The average molecular weight is 231 g/mol. The monoisotopic (exact) mass is 230 g/mol. The standard InChI is InChI=1S/C10H12BrF/c1-7(8(2)11)9-4-3-5-10(12)6-9/h3-8H,1-2H3. The second kappa shape index (κ2) is 4.04. The lowest BCUT2D eigenvalue weighted by atomic mass is 9.99. The van der Waals surface area contributed by atoms with Crippen molar-refractivity contribution >= 4 is 15.9 Å². The van der Waals surface area contributed by atoms with E-state index in [9.17, 15) is 4.39 Å². The zero-order valence-electron chi connectivity index (χ0n) is 7.22. The maximum Gasteiger partial charge on any atom is 0.123 e. The first-order valence-corrected chi connectivity index (χ1v) is 4.92. The van der Waals surface area contributed by atoms with Crippen molar-refractivity contribution < 1.29 is 4.39 Å². The van der Waals surface area contributed by atoms with Crippen LogP contribution >= 0.6 is 15.9 Å². The highest BCUT2D eigenvalue weighted by Gasteiger charge is 2.10. The molecule has 0 aliphatic heterocycles. The molecule has 2 unspecified atom stereocenters. The minimum Gasteiger partial charge on any atom is -0.207 e. The molecular formula is C10H12BrF. The molecule has 0 N–H and O–H groups in total. The van der Waals surface area contributed by atoms with E-state index in [1.165, 1.54) is 6.07 Å². The molecule has 0 heterocycles. The summed E-state index contributed by atoms with van der Waals surface area (Å²) in [7, 11) is 0. The molecule has 0 aromatic heterocycles. The van der Waals surface area contributed by atoms with Crippen LogP contribution in [0.4, 0.5) is 4.39 Å². The van der Waals surface area contributed by atoms with Crippen molar-refractivity contribution in [3.05, 3.63) is 35.6 Å². The van der Waals surface area contributed by atoms with Crippen LogP contribution in [0, 0.1) is 5.82 Å². The van der Waals surface area contributed by atoms with Crippen molar-refractivity contribution in [3.8, 4) is 0 Å². The highest BCUT2D eigenvalue weighted by molar-refractivity contribution is 9.09. The Bertz CT molecular complexity index is 258. The first-order chi connectivity index (χ1) is 5.61. The molecule has 0 aliphatic carbocycles. The van der Waals surface area contributed by atoms with Gasteiger partial charge in [-0.3, -0.25) is 0 Å². The van der Waals surface area contributed by atoms with Crippen molar-refractivity contribution in [1.82, 2.24) is 0 Å². The number of benzene rings is 1. The van der Waals surface area contributed by atoms with E-state index >= 15 is 0 Å². The molecule has 0 amide bonds. The molecule has 0 saturated carbocycles. The molecule has 0 nitrogen and oxygen atoms in total. The van der Waals surface area contributed by atoms with Crippen LogP contribution in [0.1, 0.15) is 25.3 Å². The number of halogens is 2. The van der Waals surface area contributed by atoms with Gasteiger partial charge in [-0.15, -0.1) is 0 Å². The zero-order chi connectivity index (χ0) is 9.14. The minimum absolute atomic E-state index is 0.160. The predicted molar refractivity (Wildman–Crippen MR) is 53.2 cm³/mol. The molecule has 0 saturated heterocycles. The fourth-order valence-electron chi connectivity index (χ4n) is 1.06. The first-order valence-electron chi connectivity index (χ1n) is 4.01. The van der Waals surface area contributed by atoms with Gasteiger partial charge in [0.05, 0.1) is 0 Å². The van der Waals surface area contributed by atoms with Crippen molar-refractivity contribution in [1.29, 1.82) is 0 Å². The Morgan fingerprint density at radius 3 is 2.50 bits per heavy atom. The van der Waals surface area contributed by atoms with Crippen molar-refractivity contribution in [2.24, 2.45) is 0 Å². The molecule has 0 radical (unpaired) electrons. The second-order valence-electron chi connectivity index (χ2n) is 3.02. The second-order valence-corrected chi connectivity index (χ2v) is 4.47. The number of rotatable bonds is 2. The fourth-order valence-corrected chi connectivity index (χ4v) is 1.36. The number of hydrogen-bond acceptors (Lipinski definition) is 0. The maximum absolute atomic E-state index is 12.8. The van der Waals surface area contributed by atoms with E-state index in [0.29, 0.717) is 10.7 Å². The lowest BCUT2D eigenvalue weighted by Crippen LogP contribution is -2.04. The molecule has 2 atom stereocenters. The highest BCUT2D eigenvalue weighted by atomic mass is 79.9. The van der Waals surface area contributed by atoms with Crippen LogP contribution in [0.15, 0.2) is 24.3 Å². The van der Waals surface area contributed by atoms with Crippen LogP contribution < -0.4 is 0 Å². The number of hydrogen-bond donors (Lipinski definition) is 0. The lowest BCUT2D eigenvalue weighted by molar-refractivity contribution is 0.621. The molecule has 12 heavy (non-hydrogen) atoms. The number of alkyl halides is 1. The molecule has 0 fully saturated rings. The Kier molecular flexibility index (Phi) is 3.27. The van der Waals surface area contributed by atoms with Gasteiger partial charge in [-0.05, 0) is 23.6 Å². The van der Waals surface area contributed by atoms with Gasteiger partial charge in [-0.2, -0.15) is 0 Å². The summed E-state index contributed by atoms with van der Waals surface area (Å²) in [5.41, 5.74) is 1.04. The van der Waals surface area contributed by atoms with Gasteiger partial charge in [0.2, 0.25) is 0 Å². The zero-order valence-corrected chi connectivity index (χ0v) is 8.81. The van der Waals surface area contributed by atoms with Crippen LogP contribution in [0.25, 0.3) is 0 Å². The van der Waals surface area contributed by atoms with E-state index in [1.54, 1.807) is 12.1 Å². The summed E-state index contributed by atoms with van der Waals surface area (Å²) in [5.74, 6) is 0.188. The van der Waals surface area contributed by atoms with E-state index in [2.05, 4.69) is 29.8 Å². The maximum atomic E-state index is 12.8. The van der Waals surface area contributed by atoms with Crippen molar-refractivity contribution in [3.63, 3.8) is 0 Å². The summed E-state index contributed by atoms with van der Waals surface area (Å²) >= 11 is 3.48. The van der Waals surface area contributed by atoms with E-state index in [4.69, 9.17) is 0 Å². The molecule has 1 aromatic carbocycles. The summed E-state index contributed by atoms with van der Waals surface area (Å²) in [6.45, 7) is 4.14. The van der Waals surface area contributed by atoms with Gasteiger partial charge in [0.1, 0.15) is 5.82 Å². The Hall–Kier alpha value is -0.370. The fraction of sp³-hybridized carbons (Fsp3) is 0.400. The normalized spacial score (nSPS) is 15.7. The third-order valence-corrected chi connectivity index (χ3v) is 2.86. The Balaban J connectivity index is 2.88. The van der Waals surface area contributed by atoms with E-state index < -0.39 is 0 Å². The summed E-state index contributed by atoms with van der Waals surface area (Å²) in [6.07, 6.45) is 0. The van der Waals surface area contributed by atoms with Gasteiger partial charge in [0.15, 0.2) is 0 Å². The van der Waals surface area contributed by atoms with Crippen molar-refractivity contribution in [2.75, 3.05) is 0 Å². The smallest absolute Gasteiger partial charge is 0.123 e. The van der Waals surface area contributed by atoms with E-state index in [-0.39, 0.29) is 5.82 Å². The SMILES string of the molecule is CC(Br)C(C)c1cccc(F)c1. The van der Waals surface area contributed by atoms with Gasteiger partial charge in [-0.25, -0.2) is 4.39 Å². The van der Waals surface area contributed by atoms with Gasteiger partial charge < -0.3 is 0 Å². The highest BCUT2D eigenvalue weighted by Crippen LogP contribution is 2.24. The molecule has 0 spiro atoms. The Morgan fingerprint density at radius 2 is 2.00 bits per heavy atom. The third kappa shape index (κ3) is 2.31. The predicted octanol–water partition coefficient (Wildman–Crippen LogP) is 3.71. The molecule has 1 aromatic rings. The van der Waals surface area contributed by atoms with Crippen molar-refractivity contribution in [2.45, 2.75) is 24.6 Å². The van der Waals surface area contributed by atoms with Crippen LogP contribution in [0.5, 0.6) is 0 Å². The van der Waals surface area contributed by atoms with Crippen LogP contribution in [0.3, 0.4) is 0 Å². The Labute approximate surface area is 80.9 Å². The van der Waals surface area contributed by atoms with Crippen LogP contribution in [-0.4, -0.2) is 4.83 Å². The van der Waals surface area contributed by atoms with E-state index in [0.717, 1.165) is 5.56 Å². The topological polar surface area (TPSA) is 0 Å². The van der Waals surface area contributed by atoms with Crippen LogP contribution in [-0.2, 0) is 0 Å². The quantitative estimate of drug-likeness (QED) is 0.680. The largest absolute Gasteiger partial charge is 0.207 e. The molecule has 1 rings (SSSR count). The third-order valence-electron chi connectivity index (χ3n) is 2.06. The summed E-state index contributed by atoms with van der Waals surface area (Å²) in [6, 6.07) is 6.75. The minimum atomic E-state index is -0.160. The average Bonchev–Trinajstić information content (AvgIpc) is 2.03. The van der Waals surface area contributed by atoms with E-state index in [1.807, 2.05) is 6.07 Å². The van der Waals surface area contributed by atoms with Crippen LogP contribution in [0.2, 0.25) is 0 Å².